The molecule has 2 aromatic rings. The van der Waals surface area contributed by atoms with E-state index in [1.807, 2.05) is 0 Å². The molecule has 0 aromatic carbocycles. The minimum absolute atomic E-state index is 0.509. The lowest BCUT2D eigenvalue weighted by atomic mass is 10.4. The van der Waals surface area contributed by atoms with Crippen LogP contribution in [-0.2, 0) is 0 Å². The predicted molar refractivity (Wildman–Crippen MR) is 50.2 cm³/mol. The quantitative estimate of drug-likeness (QED) is 0.458. The van der Waals surface area contributed by atoms with Crippen LogP contribution in [0.4, 0.5) is 0 Å². The zero-order valence-corrected chi connectivity index (χ0v) is 9.52. The second-order valence-corrected chi connectivity index (χ2v) is 4.21. The minimum Gasteiger partial charge on any atom is -0.284 e. The van der Waals surface area contributed by atoms with E-state index in [0.29, 0.717) is 10.1 Å². The molecule has 0 radical (unpaired) electrons. The molecule has 0 atom stereocenters. The van der Waals surface area contributed by atoms with Crippen LogP contribution in [0.25, 0.3) is 11.0 Å². The summed E-state index contributed by atoms with van der Waals surface area (Å²) in [6.07, 6.45) is 1.51. The maximum Gasteiger partial charge on any atom is 0.327 e. The molecule has 0 saturated heterocycles. The largest absolute Gasteiger partial charge is 0.327 e. The van der Waals surface area contributed by atoms with E-state index in [1.54, 1.807) is 0 Å². The molecule has 0 amide bonds. The molecule has 0 aliphatic heterocycles. The number of rotatable bonds is 0. The van der Waals surface area contributed by atoms with Gasteiger partial charge in [-0.25, -0.2) is 0 Å². The molecule has 0 unspecified atom stereocenters. The van der Waals surface area contributed by atoms with Gasteiger partial charge in [-0.2, -0.15) is 8.75 Å². The molecule has 0 bridgehead atoms. The van der Waals surface area contributed by atoms with E-state index in [-0.39, 0.29) is 0 Å². The first-order chi connectivity index (χ1) is 5.70. The molecule has 0 saturated carbocycles. The van der Waals surface area contributed by atoms with Crippen LogP contribution in [0.5, 0.6) is 0 Å². The van der Waals surface area contributed by atoms with Crippen molar-refractivity contribution in [1.29, 1.82) is 0 Å². The van der Waals surface area contributed by atoms with Gasteiger partial charge >= 0.3 is 4.60 Å². The average Bonchev–Trinajstić information content (AvgIpc) is 2.48. The fourth-order valence-corrected chi connectivity index (χ4v) is 2.46. The van der Waals surface area contributed by atoms with Crippen LogP contribution >= 0.6 is 43.6 Å². The Hall–Kier alpha value is -0.270. The smallest absolute Gasteiger partial charge is 0.284 e. The van der Waals surface area contributed by atoms with E-state index in [2.05, 4.69) is 40.6 Å². The van der Waals surface area contributed by atoms with Gasteiger partial charge in [0.2, 0.25) is 6.20 Å². The maximum atomic E-state index is 9.29. The fourth-order valence-electron chi connectivity index (χ4n) is 0.814. The maximum absolute atomic E-state index is 9.29. The standard InChI is InChI=1S/C5H2Br2N3OS/c6-2-1-10(11)5(7)4-3(2)8-12-9-4/h1,11H/q+1. The summed E-state index contributed by atoms with van der Waals surface area (Å²) in [6, 6.07) is 0. The molecule has 62 valence electrons. The van der Waals surface area contributed by atoms with Gasteiger partial charge in [0, 0.05) is 20.7 Å². The van der Waals surface area contributed by atoms with Crippen LogP contribution in [0, 0.1) is 0 Å². The van der Waals surface area contributed by atoms with E-state index in [0.717, 1.165) is 26.4 Å². The first kappa shape index (κ1) is 8.33. The SMILES string of the molecule is O[n+]1cc(Br)c2nsnc2c1Br. The summed E-state index contributed by atoms with van der Waals surface area (Å²) in [4.78, 5) is 0. The topological polar surface area (TPSA) is 49.9 Å². The molecule has 2 heterocycles. The number of aromatic nitrogens is 3. The normalized spacial score (nSPS) is 10.8. The van der Waals surface area contributed by atoms with Crippen molar-refractivity contribution in [3.63, 3.8) is 0 Å². The molecular formula is C5H2Br2N3OS+. The average molecular weight is 312 g/mol. The Labute approximate surface area is 88.4 Å². The van der Waals surface area contributed by atoms with Gasteiger partial charge in [0.1, 0.15) is 9.99 Å². The van der Waals surface area contributed by atoms with Crippen LogP contribution in [0.15, 0.2) is 15.3 Å². The van der Waals surface area contributed by atoms with E-state index in [4.69, 9.17) is 0 Å². The van der Waals surface area contributed by atoms with Crippen molar-refractivity contribution >= 4 is 54.6 Å². The Morgan fingerprint density at radius 3 is 2.75 bits per heavy atom. The molecular weight excluding hydrogens is 310 g/mol. The molecule has 0 aliphatic rings. The van der Waals surface area contributed by atoms with Crippen molar-refractivity contribution in [1.82, 2.24) is 8.75 Å². The van der Waals surface area contributed by atoms with Crippen molar-refractivity contribution < 1.29 is 9.94 Å². The molecule has 12 heavy (non-hydrogen) atoms. The van der Waals surface area contributed by atoms with Gasteiger partial charge in [0.25, 0.3) is 0 Å². The van der Waals surface area contributed by atoms with Crippen molar-refractivity contribution in [2.24, 2.45) is 0 Å². The minimum atomic E-state index is 0.509. The lowest BCUT2D eigenvalue weighted by Crippen LogP contribution is -2.31. The van der Waals surface area contributed by atoms with Gasteiger partial charge in [-0.05, 0) is 15.9 Å². The third kappa shape index (κ3) is 1.12. The first-order valence-corrected chi connectivity index (χ1v) is 5.23. The van der Waals surface area contributed by atoms with E-state index in [9.17, 15) is 5.21 Å². The Bertz CT molecular complexity index is 443. The van der Waals surface area contributed by atoms with E-state index in [1.165, 1.54) is 6.20 Å². The molecule has 0 fully saturated rings. The molecule has 0 aliphatic carbocycles. The predicted octanol–water partition coefficient (Wildman–Crippen LogP) is 1.74. The van der Waals surface area contributed by atoms with Gasteiger partial charge in [0.15, 0.2) is 5.52 Å². The summed E-state index contributed by atoms with van der Waals surface area (Å²) >= 11 is 7.56. The zero-order valence-electron chi connectivity index (χ0n) is 5.53. The Balaban J connectivity index is 2.97. The summed E-state index contributed by atoms with van der Waals surface area (Å²) in [7, 11) is 0. The summed E-state index contributed by atoms with van der Waals surface area (Å²) in [5.41, 5.74) is 1.40. The highest BCUT2D eigenvalue weighted by Crippen LogP contribution is 2.24. The van der Waals surface area contributed by atoms with Crippen molar-refractivity contribution in [3.8, 4) is 0 Å². The van der Waals surface area contributed by atoms with Gasteiger partial charge < -0.3 is 0 Å². The number of nitrogens with zero attached hydrogens (tertiary/aromatic N) is 3. The second kappa shape index (κ2) is 2.90. The summed E-state index contributed by atoms with van der Waals surface area (Å²) in [6.45, 7) is 0. The number of fused-ring (bicyclic) bond motifs is 1. The molecule has 7 heteroatoms. The third-order valence-corrected chi connectivity index (χ3v) is 3.19. The number of pyridine rings is 1. The molecule has 2 rings (SSSR count). The lowest BCUT2D eigenvalue weighted by molar-refractivity contribution is -0.912. The number of hydrogen-bond donors (Lipinski definition) is 1. The van der Waals surface area contributed by atoms with Crippen molar-refractivity contribution in [3.05, 3.63) is 15.3 Å². The summed E-state index contributed by atoms with van der Waals surface area (Å²) in [5, 5.41) is 9.29. The van der Waals surface area contributed by atoms with Gasteiger partial charge in [-0.15, -0.1) is 0 Å². The number of halogens is 2. The van der Waals surface area contributed by atoms with Gasteiger partial charge in [-0.1, -0.05) is 0 Å². The van der Waals surface area contributed by atoms with Crippen molar-refractivity contribution in [2.45, 2.75) is 0 Å². The second-order valence-electron chi connectivity index (χ2n) is 2.07. The highest BCUT2D eigenvalue weighted by molar-refractivity contribution is 9.11. The van der Waals surface area contributed by atoms with Crippen molar-refractivity contribution in [2.75, 3.05) is 0 Å². The van der Waals surface area contributed by atoms with Crippen LogP contribution in [0.2, 0.25) is 0 Å². The van der Waals surface area contributed by atoms with E-state index < -0.39 is 0 Å². The Morgan fingerprint density at radius 2 is 2.00 bits per heavy atom. The Morgan fingerprint density at radius 1 is 1.33 bits per heavy atom. The number of hydrogen-bond acceptors (Lipinski definition) is 4. The van der Waals surface area contributed by atoms with Gasteiger partial charge in [-0.3, -0.25) is 5.21 Å². The molecule has 4 nitrogen and oxygen atoms in total. The zero-order chi connectivity index (χ0) is 8.72. The molecule has 0 spiro atoms. The van der Waals surface area contributed by atoms with Gasteiger partial charge in [0.05, 0.1) is 11.7 Å². The first-order valence-electron chi connectivity index (χ1n) is 2.91. The highest BCUT2D eigenvalue weighted by atomic mass is 79.9. The monoisotopic (exact) mass is 310 g/mol. The fraction of sp³-hybridized carbons (Fsp3) is 0. The molecule has 2 aromatic heterocycles. The van der Waals surface area contributed by atoms with Crippen LogP contribution in [0.3, 0.4) is 0 Å². The lowest BCUT2D eigenvalue weighted by Gasteiger charge is -1.89. The summed E-state index contributed by atoms with van der Waals surface area (Å²) < 4.78 is 10.2. The third-order valence-electron chi connectivity index (χ3n) is 1.35. The van der Waals surface area contributed by atoms with Crippen LogP contribution < -0.4 is 4.73 Å². The summed E-state index contributed by atoms with van der Waals surface area (Å²) in [5.74, 6) is 0. The Kier molecular flexibility index (Phi) is 2.01. The van der Waals surface area contributed by atoms with Crippen LogP contribution in [-0.4, -0.2) is 14.0 Å². The highest BCUT2D eigenvalue weighted by Gasteiger charge is 2.18. The van der Waals surface area contributed by atoms with Crippen LogP contribution in [0.1, 0.15) is 0 Å². The molecule has 1 N–H and O–H groups in total. The van der Waals surface area contributed by atoms with E-state index >= 15 is 0 Å².